The van der Waals surface area contributed by atoms with Crippen molar-refractivity contribution in [1.82, 2.24) is 0 Å². The van der Waals surface area contributed by atoms with Gasteiger partial charge in [-0.25, -0.2) is 4.39 Å². The number of hydrogen-bond acceptors (Lipinski definition) is 3. The number of phenols is 1. The molecular weight excluding hydrogens is 407 g/mol. The minimum absolute atomic E-state index is 0.0912. The zero-order valence-electron chi connectivity index (χ0n) is 10.5. The quantitative estimate of drug-likeness (QED) is 0.597. The summed E-state index contributed by atoms with van der Waals surface area (Å²) < 4.78 is 15.4. The molecule has 1 unspecified atom stereocenters. The van der Waals surface area contributed by atoms with Crippen molar-refractivity contribution in [3.63, 3.8) is 0 Å². The van der Waals surface area contributed by atoms with Crippen LogP contribution in [0.25, 0.3) is 0 Å². The highest BCUT2D eigenvalue weighted by molar-refractivity contribution is 9.10. The molecule has 0 aliphatic heterocycles. The van der Waals surface area contributed by atoms with E-state index in [0.29, 0.717) is 4.47 Å². The van der Waals surface area contributed by atoms with E-state index in [1.807, 2.05) is 0 Å². The lowest BCUT2D eigenvalue weighted by molar-refractivity contribution is 0.0757. The Morgan fingerprint density at radius 1 is 0.952 bits per heavy atom. The Morgan fingerprint density at radius 3 is 2.14 bits per heavy atom. The maximum Gasteiger partial charge on any atom is 0.225 e. The monoisotopic (exact) mass is 414 g/mol. The lowest BCUT2D eigenvalue weighted by atomic mass is 9.99. The van der Waals surface area contributed by atoms with Gasteiger partial charge in [0, 0.05) is 14.5 Å². The second kappa shape index (κ2) is 6.49. The van der Waals surface area contributed by atoms with E-state index < -0.39 is 17.7 Å². The van der Waals surface area contributed by atoms with Crippen molar-refractivity contribution >= 4 is 43.4 Å². The standard InChI is InChI=1S/C15H9Br2FO3/c16-9-3-1-8(2-4-9)14(20)13(18)15(21)11-7-10(17)5-6-12(11)19/h1-7,13,19H. The molecule has 0 bridgehead atoms. The number of rotatable bonds is 4. The summed E-state index contributed by atoms with van der Waals surface area (Å²) in [5.74, 6) is -2.37. The molecule has 0 aliphatic rings. The summed E-state index contributed by atoms with van der Waals surface area (Å²) >= 11 is 6.33. The molecule has 3 nitrogen and oxygen atoms in total. The van der Waals surface area contributed by atoms with Gasteiger partial charge in [0.15, 0.2) is 0 Å². The molecule has 6 heteroatoms. The van der Waals surface area contributed by atoms with Crippen LogP contribution in [0, 0.1) is 0 Å². The molecule has 0 saturated heterocycles. The Balaban J connectivity index is 2.28. The largest absolute Gasteiger partial charge is 0.507 e. The predicted octanol–water partition coefficient (Wildman–Crippen LogP) is 4.32. The second-order valence-corrected chi connectivity index (χ2v) is 6.09. The highest BCUT2D eigenvalue weighted by atomic mass is 79.9. The van der Waals surface area contributed by atoms with Crippen LogP contribution in [-0.4, -0.2) is 22.8 Å². The fourth-order valence-corrected chi connectivity index (χ4v) is 2.35. The smallest absolute Gasteiger partial charge is 0.225 e. The van der Waals surface area contributed by atoms with Gasteiger partial charge in [-0.1, -0.05) is 44.0 Å². The minimum atomic E-state index is -2.36. The van der Waals surface area contributed by atoms with E-state index in [0.717, 1.165) is 4.47 Å². The zero-order valence-corrected chi connectivity index (χ0v) is 13.7. The third kappa shape index (κ3) is 3.57. The van der Waals surface area contributed by atoms with Crippen molar-refractivity contribution in [2.45, 2.75) is 6.17 Å². The molecule has 108 valence electrons. The summed E-state index contributed by atoms with van der Waals surface area (Å²) in [7, 11) is 0. The predicted molar refractivity (Wildman–Crippen MR) is 83.5 cm³/mol. The topological polar surface area (TPSA) is 54.4 Å². The van der Waals surface area contributed by atoms with Crippen molar-refractivity contribution < 1.29 is 19.1 Å². The van der Waals surface area contributed by atoms with Crippen LogP contribution in [-0.2, 0) is 0 Å². The normalized spacial score (nSPS) is 12.0. The zero-order chi connectivity index (χ0) is 15.6. The number of aromatic hydroxyl groups is 1. The first-order chi connectivity index (χ1) is 9.90. The number of hydrogen-bond donors (Lipinski definition) is 1. The fraction of sp³-hybridized carbons (Fsp3) is 0.0667. The number of phenolic OH excluding ortho intramolecular Hbond substituents is 1. The maximum absolute atomic E-state index is 14.1. The number of alkyl halides is 1. The molecule has 0 aromatic heterocycles. The Hall–Kier alpha value is -1.53. The SMILES string of the molecule is O=C(c1ccc(Br)cc1)C(F)C(=O)c1cc(Br)ccc1O. The Kier molecular flexibility index (Phi) is 4.90. The third-order valence-corrected chi connectivity index (χ3v) is 3.84. The number of carbonyl (C=O) groups is 2. The van der Waals surface area contributed by atoms with E-state index in [1.54, 1.807) is 12.1 Å². The fourth-order valence-electron chi connectivity index (χ4n) is 1.72. The van der Waals surface area contributed by atoms with Crippen LogP contribution in [0.4, 0.5) is 4.39 Å². The molecule has 0 amide bonds. The van der Waals surface area contributed by atoms with Crippen molar-refractivity contribution in [2.75, 3.05) is 0 Å². The maximum atomic E-state index is 14.1. The molecule has 0 spiro atoms. The molecule has 1 atom stereocenters. The summed E-state index contributed by atoms with van der Waals surface area (Å²) in [6.07, 6.45) is -2.36. The van der Waals surface area contributed by atoms with Gasteiger partial charge in [-0.2, -0.15) is 0 Å². The molecule has 0 saturated carbocycles. The molecule has 0 fully saturated rings. The number of benzene rings is 2. The van der Waals surface area contributed by atoms with Gasteiger partial charge in [0.25, 0.3) is 0 Å². The van der Waals surface area contributed by atoms with Crippen LogP contribution in [0.3, 0.4) is 0 Å². The number of halogens is 3. The average Bonchev–Trinajstić information content (AvgIpc) is 2.48. The van der Waals surface area contributed by atoms with Gasteiger partial charge in [0.05, 0.1) is 5.56 Å². The lowest BCUT2D eigenvalue weighted by Gasteiger charge is -2.09. The minimum Gasteiger partial charge on any atom is -0.507 e. The number of carbonyl (C=O) groups excluding carboxylic acids is 2. The summed E-state index contributed by atoms with van der Waals surface area (Å²) in [5.41, 5.74) is -0.143. The average molecular weight is 416 g/mol. The van der Waals surface area contributed by atoms with Crippen LogP contribution < -0.4 is 0 Å². The Morgan fingerprint density at radius 2 is 1.52 bits per heavy atom. The van der Waals surface area contributed by atoms with Crippen LogP contribution in [0.5, 0.6) is 5.75 Å². The van der Waals surface area contributed by atoms with E-state index in [-0.39, 0.29) is 16.9 Å². The Labute approximate surface area is 137 Å². The second-order valence-electron chi connectivity index (χ2n) is 4.26. The van der Waals surface area contributed by atoms with Crippen molar-refractivity contribution in [2.24, 2.45) is 0 Å². The van der Waals surface area contributed by atoms with Crippen molar-refractivity contribution in [3.8, 4) is 5.75 Å². The van der Waals surface area contributed by atoms with Gasteiger partial charge in [0.2, 0.25) is 17.7 Å². The van der Waals surface area contributed by atoms with Crippen LogP contribution in [0.15, 0.2) is 51.4 Å². The summed E-state index contributed by atoms with van der Waals surface area (Å²) in [6.45, 7) is 0. The van der Waals surface area contributed by atoms with E-state index in [4.69, 9.17) is 0 Å². The summed E-state index contributed by atoms with van der Waals surface area (Å²) in [6, 6.07) is 10.1. The van der Waals surface area contributed by atoms with Gasteiger partial charge in [-0.05, 0) is 30.3 Å². The van der Waals surface area contributed by atoms with Crippen molar-refractivity contribution in [1.29, 1.82) is 0 Å². The molecule has 21 heavy (non-hydrogen) atoms. The molecule has 1 N–H and O–H groups in total. The first-order valence-corrected chi connectivity index (χ1v) is 7.45. The van der Waals surface area contributed by atoms with Gasteiger partial charge < -0.3 is 5.11 Å². The highest BCUT2D eigenvalue weighted by Crippen LogP contribution is 2.25. The molecule has 0 aliphatic carbocycles. The van der Waals surface area contributed by atoms with Gasteiger partial charge in [-0.15, -0.1) is 0 Å². The summed E-state index contributed by atoms with van der Waals surface area (Å²) in [4.78, 5) is 24.0. The lowest BCUT2D eigenvalue weighted by Crippen LogP contribution is -2.26. The molecular formula is C15H9Br2FO3. The molecule has 2 aromatic rings. The molecule has 0 radical (unpaired) electrons. The van der Waals surface area contributed by atoms with Gasteiger partial charge in [0.1, 0.15) is 5.75 Å². The van der Waals surface area contributed by atoms with Crippen LogP contribution in [0.1, 0.15) is 20.7 Å². The number of ketones is 2. The molecule has 0 heterocycles. The third-order valence-electron chi connectivity index (χ3n) is 2.81. The van der Waals surface area contributed by atoms with E-state index >= 15 is 0 Å². The molecule has 2 rings (SSSR count). The Bertz CT molecular complexity index is 699. The van der Waals surface area contributed by atoms with Crippen molar-refractivity contribution in [3.05, 3.63) is 62.5 Å². The van der Waals surface area contributed by atoms with Gasteiger partial charge >= 0.3 is 0 Å². The van der Waals surface area contributed by atoms with E-state index in [9.17, 15) is 19.1 Å². The first-order valence-electron chi connectivity index (χ1n) is 5.86. The molecule has 2 aromatic carbocycles. The van der Waals surface area contributed by atoms with Gasteiger partial charge in [-0.3, -0.25) is 9.59 Å². The first kappa shape index (κ1) is 15.9. The highest BCUT2D eigenvalue weighted by Gasteiger charge is 2.29. The van der Waals surface area contributed by atoms with E-state index in [1.165, 1.54) is 30.3 Å². The summed E-state index contributed by atoms with van der Waals surface area (Å²) in [5, 5.41) is 9.62. The van der Waals surface area contributed by atoms with Crippen LogP contribution >= 0.6 is 31.9 Å². The van der Waals surface area contributed by atoms with E-state index in [2.05, 4.69) is 31.9 Å². The van der Waals surface area contributed by atoms with Crippen LogP contribution in [0.2, 0.25) is 0 Å². The number of Topliss-reactive ketones (excluding diaryl/α,β-unsaturated/α-hetero) is 2.